The highest BCUT2D eigenvalue weighted by Gasteiger charge is 2.21. The largest absolute Gasteiger partial charge is 0.380 e. The topological polar surface area (TPSA) is 58.6 Å². The maximum absolute atomic E-state index is 11.0. The van der Waals surface area contributed by atoms with Crippen LogP contribution in [-0.4, -0.2) is 49.6 Å². The fourth-order valence-corrected chi connectivity index (χ4v) is 1.32. The highest BCUT2D eigenvalue weighted by Crippen LogP contribution is 1.94. The Bertz CT molecular complexity index is 237. The van der Waals surface area contributed by atoms with Crippen LogP contribution in [0.1, 0.15) is 6.42 Å². The molecule has 0 unspecified atom stereocenters. The molecule has 2 amide bonds. The van der Waals surface area contributed by atoms with Crippen molar-refractivity contribution in [3.05, 3.63) is 12.7 Å². The van der Waals surface area contributed by atoms with Crippen molar-refractivity contribution in [2.45, 2.75) is 6.42 Å². The van der Waals surface area contributed by atoms with Crippen molar-refractivity contribution in [1.29, 1.82) is 0 Å². The molecular weight excluding hydrogens is 196 g/mol. The second kappa shape index (κ2) is 6.31. The molecule has 0 aromatic heterocycles. The van der Waals surface area contributed by atoms with E-state index in [4.69, 9.17) is 4.74 Å². The van der Waals surface area contributed by atoms with Crippen molar-refractivity contribution < 1.29 is 14.3 Å². The number of carbonyl (C=O) groups excluding carboxylic acids is 2. The molecule has 84 valence electrons. The third-order valence-electron chi connectivity index (χ3n) is 2.03. The molecule has 1 rings (SSSR count). The number of hydrogen-bond donors (Lipinski definition) is 1. The fourth-order valence-electron chi connectivity index (χ4n) is 1.32. The summed E-state index contributed by atoms with van der Waals surface area (Å²) in [5.41, 5.74) is 0. The first-order chi connectivity index (χ1) is 7.22. The summed E-state index contributed by atoms with van der Waals surface area (Å²) < 4.78 is 5.29. The number of nitrogens with zero attached hydrogens (tertiary/aromatic N) is 1. The molecule has 1 aliphatic rings. The highest BCUT2D eigenvalue weighted by molar-refractivity contribution is 5.99. The van der Waals surface area contributed by atoms with Gasteiger partial charge in [-0.3, -0.25) is 19.8 Å². The van der Waals surface area contributed by atoms with Gasteiger partial charge in [-0.25, -0.2) is 0 Å². The Balaban J connectivity index is 2.12. The van der Waals surface area contributed by atoms with Crippen molar-refractivity contribution in [1.82, 2.24) is 10.2 Å². The van der Waals surface area contributed by atoms with E-state index in [2.05, 4.69) is 11.9 Å². The van der Waals surface area contributed by atoms with Gasteiger partial charge in [0.15, 0.2) is 0 Å². The molecule has 0 spiro atoms. The number of imide groups is 1. The predicted octanol–water partition coefficient (Wildman–Crippen LogP) is -0.462. The second-order valence-corrected chi connectivity index (χ2v) is 3.37. The maximum Gasteiger partial charge on any atom is 0.240 e. The van der Waals surface area contributed by atoms with Gasteiger partial charge in [-0.05, 0) is 6.42 Å². The Morgan fingerprint density at radius 1 is 1.33 bits per heavy atom. The summed E-state index contributed by atoms with van der Waals surface area (Å²) in [6.07, 6.45) is 2.61. The number of hydrogen-bond acceptors (Lipinski definition) is 4. The monoisotopic (exact) mass is 212 g/mol. The molecule has 0 saturated carbocycles. The van der Waals surface area contributed by atoms with Crippen LogP contribution < -0.4 is 5.32 Å². The minimum absolute atomic E-state index is 0.239. The Morgan fingerprint density at radius 3 is 2.60 bits per heavy atom. The first kappa shape index (κ1) is 11.9. The standard InChI is InChI=1S/C10H16N2O3/c1-2-3-5-15-6-4-12-7-9(13)11-10(14)8-12/h2H,1,3-8H2,(H,11,13,14). The quantitative estimate of drug-likeness (QED) is 0.367. The van der Waals surface area contributed by atoms with Crippen LogP contribution in [0.15, 0.2) is 12.7 Å². The number of nitrogens with one attached hydrogen (secondary N) is 1. The summed E-state index contributed by atoms with van der Waals surface area (Å²) in [7, 11) is 0. The third-order valence-corrected chi connectivity index (χ3v) is 2.03. The summed E-state index contributed by atoms with van der Waals surface area (Å²) in [6, 6.07) is 0. The molecule has 5 heteroatoms. The average Bonchev–Trinajstić information content (AvgIpc) is 2.16. The Morgan fingerprint density at radius 2 is 2.00 bits per heavy atom. The molecule has 15 heavy (non-hydrogen) atoms. The van der Waals surface area contributed by atoms with Crippen LogP contribution >= 0.6 is 0 Å². The molecule has 0 aromatic rings. The van der Waals surface area contributed by atoms with Crippen LogP contribution in [0, 0.1) is 0 Å². The molecule has 1 aliphatic heterocycles. The number of carbonyl (C=O) groups is 2. The van der Waals surface area contributed by atoms with Crippen molar-refractivity contribution >= 4 is 11.8 Å². The summed E-state index contributed by atoms with van der Waals surface area (Å²) in [5.74, 6) is -0.477. The Kier molecular flexibility index (Phi) is 5.00. The molecule has 0 aliphatic carbocycles. The molecule has 0 aromatic carbocycles. The van der Waals surface area contributed by atoms with Gasteiger partial charge in [-0.15, -0.1) is 6.58 Å². The van der Waals surface area contributed by atoms with Crippen LogP contribution in [-0.2, 0) is 14.3 Å². The summed E-state index contributed by atoms with van der Waals surface area (Å²) >= 11 is 0. The lowest BCUT2D eigenvalue weighted by molar-refractivity contribution is -0.136. The highest BCUT2D eigenvalue weighted by atomic mass is 16.5. The molecule has 0 bridgehead atoms. The van der Waals surface area contributed by atoms with Crippen LogP contribution in [0.25, 0.3) is 0 Å². The lowest BCUT2D eigenvalue weighted by atomic mass is 10.3. The van der Waals surface area contributed by atoms with Crippen LogP contribution in [0.3, 0.4) is 0 Å². The van der Waals surface area contributed by atoms with Crippen LogP contribution in [0.4, 0.5) is 0 Å². The van der Waals surface area contributed by atoms with Crippen LogP contribution in [0.2, 0.25) is 0 Å². The van der Waals surface area contributed by atoms with Crippen molar-refractivity contribution in [3.8, 4) is 0 Å². The van der Waals surface area contributed by atoms with E-state index in [-0.39, 0.29) is 24.9 Å². The van der Waals surface area contributed by atoms with E-state index in [0.29, 0.717) is 19.8 Å². The van der Waals surface area contributed by atoms with Crippen molar-refractivity contribution in [3.63, 3.8) is 0 Å². The van der Waals surface area contributed by atoms with E-state index in [1.54, 1.807) is 11.0 Å². The van der Waals surface area contributed by atoms with Gasteiger partial charge in [0.25, 0.3) is 0 Å². The van der Waals surface area contributed by atoms with Gasteiger partial charge in [0.1, 0.15) is 0 Å². The third kappa shape index (κ3) is 4.71. The number of ether oxygens (including phenoxy) is 1. The first-order valence-corrected chi connectivity index (χ1v) is 4.96. The van der Waals surface area contributed by atoms with Gasteiger partial charge in [0.2, 0.25) is 11.8 Å². The molecule has 1 N–H and O–H groups in total. The minimum atomic E-state index is -0.239. The molecule has 1 saturated heterocycles. The Labute approximate surface area is 89.1 Å². The van der Waals surface area contributed by atoms with Gasteiger partial charge >= 0.3 is 0 Å². The van der Waals surface area contributed by atoms with E-state index in [9.17, 15) is 9.59 Å². The van der Waals surface area contributed by atoms with Gasteiger partial charge in [-0.1, -0.05) is 6.08 Å². The molecule has 5 nitrogen and oxygen atoms in total. The van der Waals surface area contributed by atoms with E-state index in [1.165, 1.54) is 0 Å². The summed E-state index contributed by atoms with van der Waals surface area (Å²) in [6.45, 7) is 5.91. The van der Waals surface area contributed by atoms with Crippen LogP contribution in [0.5, 0.6) is 0 Å². The summed E-state index contributed by atoms with van der Waals surface area (Å²) in [4.78, 5) is 23.8. The van der Waals surface area contributed by atoms with E-state index >= 15 is 0 Å². The maximum atomic E-state index is 11.0. The average molecular weight is 212 g/mol. The molecular formula is C10H16N2O3. The zero-order chi connectivity index (χ0) is 11.1. The van der Waals surface area contributed by atoms with Gasteiger partial charge in [-0.2, -0.15) is 0 Å². The normalized spacial score (nSPS) is 17.6. The molecule has 0 atom stereocenters. The fraction of sp³-hybridized carbons (Fsp3) is 0.600. The van der Waals surface area contributed by atoms with Gasteiger partial charge in [0.05, 0.1) is 26.3 Å². The SMILES string of the molecule is C=CCCOCCN1CC(=O)NC(=O)C1. The molecule has 1 fully saturated rings. The first-order valence-electron chi connectivity index (χ1n) is 4.96. The van der Waals surface area contributed by atoms with E-state index in [1.807, 2.05) is 0 Å². The number of amides is 2. The van der Waals surface area contributed by atoms with Crippen molar-refractivity contribution in [2.75, 3.05) is 32.8 Å². The lowest BCUT2D eigenvalue weighted by Gasteiger charge is -2.24. The predicted molar refractivity (Wildman–Crippen MR) is 55.2 cm³/mol. The number of rotatable bonds is 6. The lowest BCUT2D eigenvalue weighted by Crippen LogP contribution is -2.52. The Hall–Kier alpha value is -1.20. The minimum Gasteiger partial charge on any atom is -0.380 e. The van der Waals surface area contributed by atoms with E-state index in [0.717, 1.165) is 6.42 Å². The zero-order valence-electron chi connectivity index (χ0n) is 8.70. The smallest absolute Gasteiger partial charge is 0.240 e. The number of piperazine rings is 1. The zero-order valence-corrected chi connectivity index (χ0v) is 8.70. The second-order valence-electron chi connectivity index (χ2n) is 3.37. The van der Waals surface area contributed by atoms with Crippen molar-refractivity contribution in [2.24, 2.45) is 0 Å². The molecule has 1 heterocycles. The van der Waals surface area contributed by atoms with Gasteiger partial charge in [0, 0.05) is 6.54 Å². The van der Waals surface area contributed by atoms with Gasteiger partial charge < -0.3 is 4.74 Å². The summed E-state index contributed by atoms with van der Waals surface area (Å²) in [5, 5.41) is 2.25. The van der Waals surface area contributed by atoms with E-state index < -0.39 is 0 Å². The molecule has 0 radical (unpaired) electrons.